The third-order valence-electron chi connectivity index (χ3n) is 4.77. The Balaban J connectivity index is 1.63. The van der Waals surface area contributed by atoms with Crippen LogP contribution in [0.15, 0.2) is 18.2 Å². The second-order valence-corrected chi connectivity index (χ2v) is 6.52. The predicted molar refractivity (Wildman–Crippen MR) is 92.1 cm³/mol. The van der Waals surface area contributed by atoms with E-state index in [1.54, 1.807) is 11.9 Å². The van der Waals surface area contributed by atoms with E-state index in [1.807, 2.05) is 25.1 Å². The highest BCUT2D eigenvalue weighted by atomic mass is 16.2. The van der Waals surface area contributed by atoms with Crippen LogP contribution in [0.4, 0.5) is 10.6 Å². The number of anilines is 1. The minimum atomic E-state index is -0.499. The summed E-state index contributed by atoms with van der Waals surface area (Å²) in [6, 6.07) is 5.45. The highest BCUT2D eigenvalue weighted by Crippen LogP contribution is 2.21. The summed E-state index contributed by atoms with van der Waals surface area (Å²) in [6.45, 7) is 3.31. The zero-order valence-corrected chi connectivity index (χ0v) is 14.6. The van der Waals surface area contributed by atoms with Gasteiger partial charge >= 0.3 is 6.03 Å². The summed E-state index contributed by atoms with van der Waals surface area (Å²) in [6.07, 6.45) is 1.85. The molecule has 3 rings (SSSR count). The van der Waals surface area contributed by atoms with Gasteiger partial charge in [-0.2, -0.15) is 0 Å². The zero-order valence-electron chi connectivity index (χ0n) is 14.6. The molecule has 0 spiro atoms. The van der Waals surface area contributed by atoms with E-state index in [0.717, 1.165) is 35.8 Å². The van der Waals surface area contributed by atoms with Crippen molar-refractivity contribution >= 4 is 23.7 Å². The normalized spacial score (nSPS) is 20.6. The summed E-state index contributed by atoms with van der Waals surface area (Å²) in [7, 11) is 1.73. The Bertz CT molecular complexity index is 677. The molecule has 0 aromatic carbocycles. The average Bonchev–Trinajstić information content (AvgIpc) is 2.93. The third kappa shape index (κ3) is 3.72. The first-order chi connectivity index (χ1) is 12.0. The highest BCUT2D eigenvalue weighted by molar-refractivity contribution is 6.04. The molecule has 3 heterocycles. The lowest BCUT2D eigenvalue weighted by Crippen LogP contribution is -2.51. The SMILES string of the molecule is Cc1cccc(N2CCCC(N(C)C(=O)CN3C(=O)CNC3=O)C2)n1. The molecule has 1 N–H and O–H groups in total. The van der Waals surface area contributed by atoms with Gasteiger partial charge in [0.15, 0.2) is 0 Å². The fraction of sp³-hybridized carbons (Fsp3) is 0.529. The van der Waals surface area contributed by atoms with Crippen LogP contribution in [-0.4, -0.2) is 71.9 Å². The molecule has 0 bridgehead atoms. The number of pyridine rings is 1. The lowest BCUT2D eigenvalue weighted by atomic mass is 10.0. The molecule has 1 aromatic heterocycles. The second kappa shape index (κ2) is 7.08. The summed E-state index contributed by atoms with van der Waals surface area (Å²) in [5.74, 6) is 0.329. The van der Waals surface area contributed by atoms with Crippen LogP contribution in [-0.2, 0) is 9.59 Å². The molecule has 2 aliphatic rings. The first kappa shape index (κ1) is 17.2. The number of nitrogens with one attached hydrogen (secondary N) is 1. The summed E-state index contributed by atoms with van der Waals surface area (Å²) >= 11 is 0. The van der Waals surface area contributed by atoms with Gasteiger partial charge in [-0.3, -0.25) is 14.5 Å². The third-order valence-corrected chi connectivity index (χ3v) is 4.77. The molecule has 134 valence electrons. The molecular formula is C17H23N5O3. The molecule has 1 unspecified atom stereocenters. The fourth-order valence-electron chi connectivity index (χ4n) is 3.25. The Morgan fingerprint density at radius 3 is 2.88 bits per heavy atom. The van der Waals surface area contributed by atoms with Crippen molar-refractivity contribution in [2.75, 3.05) is 38.1 Å². The van der Waals surface area contributed by atoms with Crippen LogP contribution >= 0.6 is 0 Å². The molecule has 0 radical (unpaired) electrons. The first-order valence-corrected chi connectivity index (χ1v) is 8.48. The molecular weight excluding hydrogens is 322 g/mol. The van der Waals surface area contributed by atoms with Crippen molar-refractivity contribution in [3.8, 4) is 0 Å². The molecule has 2 saturated heterocycles. The maximum atomic E-state index is 12.5. The van der Waals surface area contributed by atoms with Crippen molar-refractivity contribution in [3.05, 3.63) is 23.9 Å². The van der Waals surface area contributed by atoms with E-state index in [2.05, 4.69) is 15.2 Å². The number of rotatable bonds is 4. The Morgan fingerprint density at radius 2 is 2.20 bits per heavy atom. The van der Waals surface area contributed by atoms with Crippen LogP contribution in [0.1, 0.15) is 18.5 Å². The topological polar surface area (TPSA) is 85.9 Å². The van der Waals surface area contributed by atoms with E-state index in [1.165, 1.54) is 0 Å². The van der Waals surface area contributed by atoms with Gasteiger partial charge in [-0.05, 0) is 31.9 Å². The number of hydrogen-bond acceptors (Lipinski definition) is 5. The number of likely N-dealkylation sites (N-methyl/N-ethyl adjacent to an activating group) is 1. The van der Waals surface area contributed by atoms with E-state index in [0.29, 0.717) is 6.54 Å². The van der Waals surface area contributed by atoms with E-state index in [-0.39, 0.29) is 30.9 Å². The minimum Gasteiger partial charge on any atom is -0.355 e. The minimum absolute atomic E-state index is 0.0318. The molecule has 1 aromatic rings. The van der Waals surface area contributed by atoms with Crippen LogP contribution in [0.5, 0.6) is 0 Å². The summed E-state index contributed by atoms with van der Waals surface area (Å²) < 4.78 is 0. The molecule has 2 fully saturated rings. The average molecular weight is 345 g/mol. The van der Waals surface area contributed by atoms with Gasteiger partial charge in [-0.15, -0.1) is 0 Å². The number of hydrogen-bond donors (Lipinski definition) is 1. The van der Waals surface area contributed by atoms with Gasteiger partial charge in [0, 0.05) is 31.9 Å². The molecule has 8 nitrogen and oxygen atoms in total. The Morgan fingerprint density at radius 1 is 1.40 bits per heavy atom. The van der Waals surface area contributed by atoms with Crippen LogP contribution in [0.2, 0.25) is 0 Å². The first-order valence-electron chi connectivity index (χ1n) is 8.48. The van der Waals surface area contributed by atoms with Gasteiger partial charge in [-0.25, -0.2) is 9.78 Å². The number of nitrogens with zero attached hydrogens (tertiary/aromatic N) is 4. The Kier molecular flexibility index (Phi) is 4.87. The maximum absolute atomic E-state index is 12.5. The molecule has 0 aliphatic carbocycles. The fourth-order valence-corrected chi connectivity index (χ4v) is 3.25. The lowest BCUT2D eigenvalue weighted by Gasteiger charge is -2.38. The van der Waals surface area contributed by atoms with Crippen molar-refractivity contribution < 1.29 is 14.4 Å². The number of urea groups is 1. The Hall–Kier alpha value is -2.64. The summed E-state index contributed by atoms with van der Waals surface area (Å²) in [4.78, 5) is 45.1. The van der Waals surface area contributed by atoms with Crippen molar-refractivity contribution in [2.24, 2.45) is 0 Å². The quantitative estimate of drug-likeness (QED) is 0.797. The lowest BCUT2D eigenvalue weighted by molar-refractivity contribution is -0.137. The summed E-state index contributed by atoms with van der Waals surface area (Å²) in [5, 5.41) is 2.43. The molecule has 2 aliphatic heterocycles. The Labute approximate surface area is 146 Å². The molecule has 4 amide bonds. The van der Waals surface area contributed by atoms with E-state index in [9.17, 15) is 14.4 Å². The number of carbonyl (C=O) groups is 3. The number of amides is 4. The number of aryl methyl sites for hydroxylation is 1. The number of imide groups is 1. The number of carbonyl (C=O) groups excluding carboxylic acids is 3. The highest BCUT2D eigenvalue weighted by Gasteiger charge is 2.33. The van der Waals surface area contributed by atoms with Gasteiger partial charge in [0.2, 0.25) is 5.91 Å². The van der Waals surface area contributed by atoms with Crippen molar-refractivity contribution in [1.82, 2.24) is 20.1 Å². The van der Waals surface area contributed by atoms with E-state index in [4.69, 9.17) is 0 Å². The molecule has 25 heavy (non-hydrogen) atoms. The van der Waals surface area contributed by atoms with Gasteiger partial charge in [-0.1, -0.05) is 6.07 Å². The van der Waals surface area contributed by atoms with Crippen LogP contribution in [0.3, 0.4) is 0 Å². The van der Waals surface area contributed by atoms with Crippen molar-refractivity contribution in [3.63, 3.8) is 0 Å². The largest absolute Gasteiger partial charge is 0.355 e. The number of piperidine rings is 1. The monoisotopic (exact) mass is 345 g/mol. The van der Waals surface area contributed by atoms with Crippen molar-refractivity contribution in [2.45, 2.75) is 25.8 Å². The van der Waals surface area contributed by atoms with Crippen molar-refractivity contribution in [1.29, 1.82) is 0 Å². The molecule has 8 heteroatoms. The van der Waals surface area contributed by atoms with E-state index < -0.39 is 6.03 Å². The van der Waals surface area contributed by atoms with Gasteiger partial charge < -0.3 is 15.1 Å². The maximum Gasteiger partial charge on any atom is 0.325 e. The standard InChI is InChI=1S/C17H23N5O3/c1-12-5-3-7-14(19-12)21-8-4-6-13(10-21)20(2)16(24)11-22-15(23)9-18-17(22)25/h3,5,7,13H,4,6,8-11H2,1-2H3,(H,18,25). The molecule has 0 saturated carbocycles. The van der Waals surface area contributed by atoms with E-state index >= 15 is 0 Å². The van der Waals surface area contributed by atoms with Gasteiger partial charge in [0.05, 0.1) is 6.54 Å². The molecule has 1 atom stereocenters. The smallest absolute Gasteiger partial charge is 0.325 e. The zero-order chi connectivity index (χ0) is 18.0. The summed E-state index contributed by atoms with van der Waals surface area (Å²) in [5.41, 5.74) is 0.961. The van der Waals surface area contributed by atoms with Crippen LogP contribution in [0.25, 0.3) is 0 Å². The predicted octanol–water partition coefficient (Wildman–Crippen LogP) is 0.369. The number of aromatic nitrogens is 1. The van der Waals surface area contributed by atoms with Gasteiger partial charge in [0.1, 0.15) is 12.4 Å². The van der Waals surface area contributed by atoms with Crippen LogP contribution in [0, 0.1) is 6.92 Å². The second-order valence-electron chi connectivity index (χ2n) is 6.52. The van der Waals surface area contributed by atoms with Crippen LogP contribution < -0.4 is 10.2 Å². The van der Waals surface area contributed by atoms with Gasteiger partial charge in [0.25, 0.3) is 5.91 Å².